The average molecular weight is 488 g/mol. The zero-order valence-electron chi connectivity index (χ0n) is 17.3. The molecule has 2 aromatic carbocycles. The van der Waals surface area contributed by atoms with Crippen LogP contribution in [0.4, 0.5) is 26.3 Å². The number of hydrogen-bond donors (Lipinski definition) is 0. The lowest BCUT2D eigenvalue weighted by Crippen LogP contribution is -2.26. The summed E-state index contributed by atoms with van der Waals surface area (Å²) >= 11 is 0. The first-order chi connectivity index (χ1) is 15.7. The van der Waals surface area contributed by atoms with Gasteiger partial charge in [-0.25, -0.2) is 9.59 Å². The zero-order valence-corrected chi connectivity index (χ0v) is 17.3. The minimum Gasteiger partial charge on any atom is -0.465 e. The van der Waals surface area contributed by atoms with Gasteiger partial charge in [-0.15, -0.1) is 0 Å². The maximum absolute atomic E-state index is 12.9. The van der Waals surface area contributed by atoms with Gasteiger partial charge in [-0.3, -0.25) is 9.59 Å². The molecule has 0 fully saturated rings. The van der Waals surface area contributed by atoms with Gasteiger partial charge in [0.1, 0.15) is 11.1 Å². The molecule has 0 aliphatic heterocycles. The molecule has 0 saturated heterocycles. The molecule has 0 N–H and O–H groups in total. The van der Waals surface area contributed by atoms with Gasteiger partial charge in [-0.2, -0.15) is 26.3 Å². The van der Waals surface area contributed by atoms with E-state index in [-0.39, 0.29) is 0 Å². The molecule has 0 aliphatic rings. The first-order valence-corrected chi connectivity index (χ1v) is 9.07. The Morgan fingerprint density at radius 2 is 0.824 bits per heavy atom. The van der Waals surface area contributed by atoms with Crippen molar-refractivity contribution in [3.8, 4) is 0 Å². The smallest absolute Gasteiger partial charge is 0.416 e. The zero-order chi connectivity index (χ0) is 25.8. The van der Waals surface area contributed by atoms with Crippen LogP contribution in [0.3, 0.4) is 0 Å². The second-order valence-electron chi connectivity index (χ2n) is 6.54. The Hall–Kier alpha value is -3.96. The Balaban J connectivity index is 2.67. The lowest BCUT2D eigenvalue weighted by molar-refractivity contribution is -0.138. The number of hydrogen-bond acceptors (Lipinski definition) is 6. The maximum Gasteiger partial charge on any atom is 0.416 e. The molecule has 12 heteroatoms. The van der Waals surface area contributed by atoms with Crippen LogP contribution in [-0.2, 0) is 31.4 Å². The van der Waals surface area contributed by atoms with Gasteiger partial charge in [0.05, 0.1) is 25.3 Å². The normalized spacial score (nSPS) is 12.5. The van der Waals surface area contributed by atoms with Gasteiger partial charge in [0.15, 0.2) is 0 Å². The summed E-state index contributed by atoms with van der Waals surface area (Å²) in [7, 11) is 1.61. The molecular formula is C22H14F6O6. The molecule has 34 heavy (non-hydrogen) atoms. The number of alkyl halides is 6. The molecule has 2 aromatic rings. The van der Waals surface area contributed by atoms with E-state index < -0.39 is 69.3 Å². The van der Waals surface area contributed by atoms with E-state index in [1.165, 1.54) is 0 Å². The highest BCUT2D eigenvalue weighted by molar-refractivity contribution is 6.36. The summed E-state index contributed by atoms with van der Waals surface area (Å²) in [5.41, 5.74) is -5.56. The number of esters is 2. The summed E-state index contributed by atoms with van der Waals surface area (Å²) in [4.78, 5) is 50.6. The Labute approximate surface area is 187 Å². The van der Waals surface area contributed by atoms with Gasteiger partial charge >= 0.3 is 24.3 Å². The molecule has 0 aliphatic carbocycles. The summed E-state index contributed by atoms with van der Waals surface area (Å²) in [6, 6.07) is 5.01. The number of carbonyl (C=O) groups is 4. The molecule has 0 spiro atoms. The second kappa shape index (κ2) is 9.89. The monoisotopic (exact) mass is 488 g/mol. The minimum atomic E-state index is -4.72. The van der Waals surface area contributed by atoms with Crippen molar-refractivity contribution in [2.24, 2.45) is 0 Å². The summed E-state index contributed by atoms with van der Waals surface area (Å²) < 4.78 is 85.7. The number of methoxy groups -OCH3 is 2. The Kier molecular flexibility index (Phi) is 7.65. The van der Waals surface area contributed by atoms with Crippen molar-refractivity contribution in [1.29, 1.82) is 0 Å². The Morgan fingerprint density at radius 1 is 0.559 bits per heavy atom. The first-order valence-electron chi connectivity index (χ1n) is 9.07. The molecule has 0 heterocycles. The molecule has 0 amide bonds. The molecule has 0 saturated carbocycles. The molecular weight excluding hydrogens is 474 g/mol. The lowest BCUT2D eigenvalue weighted by atomic mass is 9.92. The van der Waals surface area contributed by atoms with Gasteiger partial charge in [0.2, 0.25) is 11.6 Å². The van der Waals surface area contributed by atoms with Crippen molar-refractivity contribution < 1.29 is 55.0 Å². The van der Waals surface area contributed by atoms with Crippen LogP contribution in [-0.4, -0.2) is 37.7 Å². The Bertz CT molecular complexity index is 1050. The number of halogens is 6. The van der Waals surface area contributed by atoms with E-state index in [0.29, 0.717) is 48.5 Å². The fourth-order valence-electron chi connectivity index (χ4n) is 2.73. The molecule has 0 atom stereocenters. The van der Waals surface area contributed by atoms with E-state index in [1.54, 1.807) is 0 Å². The van der Waals surface area contributed by atoms with Crippen LogP contribution in [0.25, 0.3) is 0 Å². The highest BCUT2D eigenvalue weighted by Gasteiger charge is 2.36. The van der Waals surface area contributed by atoms with E-state index in [4.69, 9.17) is 0 Å². The van der Waals surface area contributed by atoms with Crippen molar-refractivity contribution in [2.45, 2.75) is 12.4 Å². The van der Waals surface area contributed by atoms with Gasteiger partial charge in [0, 0.05) is 11.1 Å². The van der Waals surface area contributed by atoms with Crippen LogP contribution in [0.5, 0.6) is 0 Å². The van der Waals surface area contributed by atoms with Gasteiger partial charge in [-0.1, -0.05) is 24.3 Å². The number of ketones is 2. The van der Waals surface area contributed by atoms with Crippen LogP contribution in [0.1, 0.15) is 31.8 Å². The van der Waals surface area contributed by atoms with Crippen LogP contribution < -0.4 is 0 Å². The topological polar surface area (TPSA) is 86.7 Å². The average Bonchev–Trinajstić information content (AvgIpc) is 2.79. The number of Topliss-reactive ketones (excluding diaryl/α,β-unsaturated/α-hetero) is 2. The number of carbonyl (C=O) groups excluding carboxylic acids is 4. The highest BCUT2D eigenvalue weighted by atomic mass is 19.4. The summed E-state index contributed by atoms with van der Waals surface area (Å²) in [5, 5.41) is 0. The van der Waals surface area contributed by atoms with Crippen LogP contribution >= 0.6 is 0 Å². The predicted molar refractivity (Wildman–Crippen MR) is 103 cm³/mol. The number of benzene rings is 2. The molecule has 0 radical (unpaired) electrons. The van der Waals surface area contributed by atoms with E-state index >= 15 is 0 Å². The summed E-state index contributed by atoms with van der Waals surface area (Å²) in [5.74, 6) is -5.68. The lowest BCUT2D eigenvalue weighted by Gasteiger charge is -2.13. The Morgan fingerprint density at radius 3 is 1.03 bits per heavy atom. The predicted octanol–water partition coefficient (Wildman–Crippen LogP) is 4.43. The molecule has 0 aromatic heterocycles. The third kappa shape index (κ3) is 5.69. The highest BCUT2D eigenvalue weighted by Crippen LogP contribution is 2.31. The van der Waals surface area contributed by atoms with Crippen molar-refractivity contribution in [1.82, 2.24) is 0 Å². The minimum absolute atomic E-state index is 0.505. The number of ether oxygens (including phenoxy) is 2. The third-order valence-corrected chi connectivity index (χ3v) is 4.43. The fourth-order valence-corrected chi connectivity index (χ4v) is 2.73. The SMILES string of the molecule is COC(=O)/C(C(=O)c1ccc(C(F)(F)F)cc1)=C(\C(=O)OC)C(=O)c1ccc(C(F)(F)F)cc1. The van der Waals surface area contributed by atoms with Gasteiger partial charge < -0.3 is 9.47 Å². The standard InChI is InChI=1S/C22H14F6O6/c1-33-19(31)15(17(29)11-3-7-13(8-4-11)21(23,24)25)16(20(32)34-2)18(30)12-5-9-14(10-6-12)22(26,27)28/h3-10H,1-2H3/b16-15-. The van der Waals surface area contributed by atoms with E-state index in [0.717, 1.165) is 14.2 Å². The quantitative estimate of drug-likeness (QED) is 0.149. The van der Waals surface area contributed by atoms with E-state index in [1.807, 2.05) is 0 Å². The third-order valence-electron chi connectivity index (χ3n) is 4.43. The van der Waals surface area contributed by atoms with E-state index in [2.05, 4.69) is 9.47 Å². The molecule has 0 bridgehead atoms. The van der Waals surface area contributed by atoms with Gasteiger partial charge in [-0.05, 0) is 24.3 Å². The van der Waals surface area contributed by atoms with E-state index in [9.17, 15) is 45.5 Å². The van der Waals surface area contributed by atoms with Crippen LogP contribution in [0.15, 0.2) is 59.7 Å². The molecule has 2 rings (SSSR count). The van der Waals surface area contributed by atoms with Crippen molar-refractivity contribution in [3.05, 3.63) is 81.9 Å². The molecule has 180 valence electrons. The molecule has 6 nitrogen and oxygen atoms in total. The largest absolute Gasteiger partial charge is 0.465 e. The fraction of sp³-hybridized carbons (Fsp3) is 0.182. The summed E-state index contributed by atoms with van der Waals surface area (Å²) in [6.45, 7) is 0. The second-order valence-corrected chi connectivity index (χ2v) is 6.54. The van der Waals surface area contributed by atoms with Gasteiger partial charge in [0.25, 0.3) is 0 Å². The first kappa shape index (κ1) is 26.3. The van der Waals surface area contributed by atoms with Crippen molar-refractivity contribution in [3.63, 3.8) is 0 Å². The van der Waals surface area contributed by atoms with Crippen molar-refractivity contribution >= 4 is 23.5 Å². The number of rotatable bonds is 6. The van der Waals surface area contributed by atoms with Crippen molar-refractivity contribution in [2.75, 3.05) is 14.2 Å². The molecule has 0 unspecified atom stereocenters. The summed E-state index contributed by atoms with van der Waals surface area (Å²) in [6.07, 6.45) is -9.45. The van der Waals surface area contributed by atoms with Crippen LogP contribution in [0.2, 0.25) is 0 Å². The maximum atomic E-state index is 12.9. The van der Waals surface area contributed by atoms with Crippen LogP contribution in [0, 0.1) is 0 Å².